The Morgan fingerprint density at radius 3 is 2.46 bits per heavy atom. The molecule has 0 unspecified atom stereocenters. The zero-order valence-corrected chi connectivity index (χ0v) is 16.9. The minimum Gasteiger partial charge on any atom is -0.444 e. The first kappa shape index (κ1) is 19.9. The van der Waals surface area contributed by atoms with Crippen LogP contribution in [-0.2, 0) is 4.74 Å². The minimum atomic E-state index is -0.636. The molecule has 0 saturated heterocycles. The molecular formula is C21H22ClN3O3. The van der Waals surface area contributed by atoms with Crippen LogP contribution in [0.3, 0.4) is 0 Å². The Kier molecular flexibility index (Phi) is 5.42. The number of aromatic nitrogens is 2. The third kappa shape index (κ3) is 4.17. The van der Waals surface area contributed by atoms with Crippen molar-refractivity contribution in [3.8, 4) is 5.69 Å². The third-order valence-corrected chi connectivity index (χ3v) is 4.32. The number of hydrogen-bond donors (Lipinski definition) is 1. The van der Waals surface area contributed by atoms with Crippen LogP contribution in [0.2, 0.25) is 5.02 Å². The van der Waals surface area contributed by atoms with Crippen LogP contribution < -0.4 is 10.9 Å². The second kappa shape index (κ2) is 7.64. The van der Waals surface area contributed by atoms with E-state index in [-0.39, 0.29) is 5.56 Å². The van der Waals surface area contributed by atoms with E-state index >= 15 is 0 Å². The van der Waals surface area contributed by atoms with Crippen molar-refractivity contribution in [1.29, 1.82) is 0 Å². The largest absolute Gasteiger partial charge is 0.444 e. The highest BCUT2D eigenvalue weighted by atomic mass is 35.5. The Labute approximate surface area is 168 Å². The summed E-state index contributed by atoms with van der Waals surface area (Å²) in [5, 5.41) is 3.53. The quantitative estimate of drug-likeness (QED) is 0.697. The Bertz CT molecular complexity index is 1070. The first-order chi connectivity index (χ1) is 13.2. The number of ether oxygens (including phenoxy) is 1. The highest BCUT2D eigenvalue weighted by Crippen LogP contribution is 2.23. The number of nitrogens with one attached hydrogen (secondary N) is 1. The fraction of sp³-hybridized carbons (Fsp3) is 0.286. The van der Waals surface area contributed by atoms with Crippen LogP contribution in [0.5, 0.6) is 0 Å². The number of fused-ring (bicyclic) bond motifs is 1. The van der Waals surface area contributed by atoms with E-state index in [9.17, 15) is 9.59 Å². The second-order valence-corrected chi connectivity index (χ2v) is 7.86. The Balaban J connectivity index is 2.16. The lowest BCUT2D eigenvalue weighted by Crippen LogP contribution is -2.36. The molecular weight excluding hydrogens is 378 g/mol. The molecule has 0 aliphatic rings. The van der Waals surface area contributed by atoms with E-state index in [0.29, 0.717) is 27.4 Å². The maximum atomic E-state index is 13.2. The Morgan fingerprint density at radius 2 is 1.82 bits per heavy atom. The van der Waals surface area contributed by atoms with Crippen LogP contribution in [0.25, 0.3) is 16.6 Å². The molecule has 1 N–H and O–H groups in total. The van der Waals surface area contributed by atoms with E-state index in [1.807, 2.05) is 30.3 Å². The Morgan fingerprint density at radius 1 is 1.14 bits per heavy atom. The molecule has 0 aliphatic carbocycles. The Hall–Kier alpha value is -2.86. The summed E-state index contributed by atoms with van der Waals surface area (Å²) in [6.07, 6.45) is -0.590. The van der Waals surface area contributed by atoms with Gasteiger partial charge in [-0.25, -0.2) is 9.78 Å². The van der Waals surface area contributed by atoms with Gasteiger partial charge in [0.05, 0.1) is 27.7 Å². The van der Waals surface area contributed by atoms with Gasteiger partial charge in [0.15, 0.2) is 0 Å². The summed E-state index contributed by atoms with van der Waals surface area (Å²) >= 11 is 6.27. The molecule has 0 fully saturated rings. The summed E-state index contributed by atoms with van der Waals surface area (Å²) in [5.41, 5.74) is 0.152. The SMILES string of the molecule is C[C@H](NC(=O)OC(C)(C)C)c1nc2c(Cl)cccc2c(=O)n1-c1ccccc1. The number of rotatable bonds is 3. The van der Waals surface area contributed by atoms with Gasteiger partial charge in [0.25, 0.3) is 5.56 Å². The zero-order valence-electron chi connectivity index (χ0n) is 16.2. The predicted molar refractivity (Wildman–Crippen MR) is 110 cm³/mol. The standard InChI is InChI=1S/C21H22ClN3O3/c1-13(23-20(27)28-21(2,3)4)18-24-17-15(11-8-12-16(17)22)19(26)25(18)14-9-6-5-7-10-14/h5-13H,1-4H3,(H,23,27)/t13-/m0/s1. The van der Waals surface area contributed by atoms with Crippen molar-refractivity contribution in [1.82, 2.24) is 14.9 Å². The second-order valence-electron chi connectivity index (χ2n) is 7.45. The first-order valence-electron chi connectivity index (χ1n) is 8.93. The summed E-state index contributed by atoms with van der Waals surface area (Å²) < 4.78 is 6.81. The van der Waals surface area contributed by atoms with Crippen LogP contribution >= 0.6 is 11.6 Å². The van der Waals surface area contributed by atoms with E-state index in [1.54, 1.807) is 45.9 Å². The number of benzene rings is 2. The van der Waals surface area contributed by atoms with E-state index < -0.39 is 17.7 Å². The van der Waals surface area contributed by atoms with E-state index in [4.69, 9.17) is 16.3 Å². The monoisotopic (exact) mass is 399 g/mol. The number of carbonyl (C=O) groups is 1. The van der Waals surface area contributed by atoms with Crippen LogP contribution in [-0.4, -0.2) is 21.2 Å². The lowest BCUT2D eigenvalue weighted by molar-refractivity contribution is 0.0505. The van der Waals surface area contributed by atoms with Crippen LogP contribution in [0, 0.1) is 0 Å². The van der Waals surface area contributed by atoms with Gasteiger partial charge in [-0.05, 0) is 52.0 Å². The molecule has 1 amide bonds. The highest BCUT2D eigenvalue weighted by molar-refractivity contribution is 6.34. The number of halogens is 1. The summed E-state index contributed by atoms with van der Waals surface area (Å²) in [7, 11) is 0. The molecule has 0 spiro atoms. The van der Waals surface area contributed by atoms with Crippen molar-refractivity contribution in [3.05, 3.63) is 69.7 Å². The van der Waals surface area contributed by atoms with Gasteiger partial charge in [0, 0.05) is 0 Å². The number of nitrogens with zero attached hydrogens (tertiary/aromatic N) is 2. The molecule has 146 valence electrons. The smallest absolute Gasteiger partial charge is 0.408 e. The van der Waals surface area contributed by atoms with Gasteiger partial charge in [0.1, 0.15) is 11.4 Å². The number of amides is 1. The fourth-order valence-electron chi connectivity index (χ4n) is 2.86. The number of carbonyl (C=O) groups excluding carboxylic acids is 1. The molecule has 1 heterocycles. The van der Waals surface area contributed by atoms with Crippen molar-refractivity contribution in [3.63, 3.8) is 0 Å². The van der Waals surface area contributed by atoms with E-state index in [2.05, 4.69) is 10.3 Å². The zero-order chi connectivity index (χ0) is 20.5. The molecule has 0 radical (unpaired) electrons. The van der Waals surface area contributed by atoms with Gasteiger partial charge in [0.2, 0.25) is 0 Å². The van der Waals surface area contributed by atoms with Gasteiger partial charge in [-0.15, -0.1) is 0 Å². The van der Waals surface area contributed by atoms with E-state index in [0.717, 1.165) is 0 Å². The van der Waals surface area contributed by atoms with Crippen molar-refractivity contribution in [2.75, 3.05) is 0 Å². The molecule has 1 atom stereocenters. The number of para-hydroxylation sites is 2. The number of hydrogen-bond acceptors (Lipinski definition) is 4. The molecule has 28 heavy (non-hydrogen) atoms. The fourth-order valence-corrected chi connectivity index (χ4v) is 3.07. The molecule has 6 nitrogen and oxygen atoms in total. The van der Waals surface area contributed by atoms with Gasteiger partial charge in [-0.3, -0.25) is 9.36 Å². The van der Waals surface area contributed by atoms with Gasteiger partial charge >= 0.3 is 6.09 Å². The van der Waals surface area contributed by atoms with Gasteiger partial charge in [-0.1, -0.05) is 35.9 Å². The molecule has 0 saturated carbocycles. The molecule has 2 aromatic carbocycles. The first-order valence-corrected chi connectivity index (χ1v) is 9.31. The summed E-state index contributed by atoms with van der Waals surface area (Å²) in [4.78, 5) is 30.1. The minimum absolute atomic E-state index is 0.258. The lowest BCUT2D eigenvalue weighted by Gasteiger charge is -2.23. The van der Waals surface area contributed by atoms with Crippen LogP contribution in [0.1, 0.15) is 39.6 Å². The topological polar surface area (TPSA) is 73.2 Å². The normalized spacial score (nSPS) is 12.6. The molecule has 0 aliphatic heterocycles. The average Bonchev–Trinajstić information content (AvgIpc) is 2.61. The van der Waals surface area contributed by atoms with Crippen LogP contribution in [0.15, 0.2) is 53.3 Å². The molecule has 3 aromatic rings. The highest BCUT2D eigenvalue weighted by Gasteiger charge is 2.23. The van der Waals surface area contributed by atoms with Gasteiger partial charge in [-0.2, -0.15) is 0 Å². The summed E-state index contributed by atoms with van der Waals surface area (Å²) in [6.45, 7) is 7.09. The van der Waals surface area contributed by atoms with Crippen molar-refractivity contribution in [2.24, 2.45) is 0 Å². The lowest BCUT2D eigenvalue weighted by atomic mass is 10.2. The third-order valence-electron chi connectivity index (χ3n) is 4.01. The average molecular weight is 400 g/mol. The molecule has 1 aromatic heterocycles. The summed E-state index contributed by atoms with van der Waals surface area (Å²) in [5.74, 6) is 0.364. The molecule has 3 rings (SSSR count). The van der Waals surface area contributed by atoms with Gasteiger partial charge < -0.3 is 10.1 Å². The van der Waals surface area contributed by atoms with Crippen molar-refractivity contribution in [2.45, 2.75) is 39.3 Å². The van der Waals surface area contributed by atoms with Crippen molar-refractivity contribution >= 4 is 28.6 Å². The maximum absolute atomic E-state index is 13.2. The van der Waals surface area contributed by atoms with Crippen molar-refractivity contribution < 1.29 is 9.53 Å². The summed E-state index contributed by atoms with van der Waals surface area (Å²) in [6, 6.07) is 13.6. The number of alkyl carbamates (subject to hydrolysis) is 1. The van der Waals surface area contributed by atoms with Crippen LogP contribution in [0.4, 0.5) is 4.79 Å². The maximum Gasteiger partial charge on any atom is 0.408 e. The van der Waals surface area contributed by atoms with E-state index in [1.165, 1.54) is 4.57 Å². The predicted octanol–water partition coefficient (Wildman–Crippen LogP) is 4.62. The molecule has 7 heteroatoms. The molecule has 0 bridgehead atoms.